The number of benzene rings is 7. The standard InChI is InChI=1S/C42H26N4/c1-2-11-29(12-3-1)40-44-41(30-21-18-28(19-22-30)32-24-25-43-38-17-9-8-15-35(32)38)46-42(45-40)37-26-31-23-20-27-10-4-5-13-33(27)39(31)36-16-7-6-14-34(36)37/h1-26H. The summed E-state index contributed by atoms with van der Waals surface area (Å²) in [5.41, 5.74) is 6.11. The van der Waals surface area contributed by atoms with Crippen LogP contribution in [0.2, 0.25) is 0 Å². The van der Waals surface area contributed by atoms with Crippen LogP contribution >= 0.6 is 0 Å². The molecule has 0 aliphatic rings. The van der Waals surface area contributed by atoms with Crippen LogP contribution in [0.15, 0.2) is 158 Å². The van der Waals surface area contributed by atoms with Crippen LogP contribution < -0.4 is 0 Å². The van der Waals surface area contributed by atoms with E-state index in [-0.39, 0.29) is 0 Å². The summed E-state index contributed by atoms with van der Waals surface area (Å²) in [6, 6.07) is 52.7. The Hall–Kier alpha value is -6.26. The number of para-hydroxylation sites is 1. The summed E-state index contributed by atoms with van der Waals surface area (Å²) in [5, 5.41) is 8.30. The summed E-state index contributed by atoms with van der Waals surface area (Å²) >= 11 is 0. The average Bonchev–Trinajstić information content (AvgIpc) is 3.14. The predicted octanol–water partition coefficient (Wildman–Crippen LogP) is 10.5. The van der Waals surface area contributed by atoms with Gasteiger partial charge in [0, 0.05) is 28.3 Å². The van der Waals surface area contributed by atoms with Gasteiger partial charge in [0.05, 0.1) is 5.52 Å². The Balaban J connectivity index is 1.24. The van der Waals surface area contributed by atoms with Crippen molar-refractivity contribution in [3.05, 3.63) is 158 Å². The highest BCUT2D eigenvalue weighted by atomic mass is 15.0. The second-order valence-corrected chi connectivity index (χ2v) is 11.5. The van der Waals surface area contributed by atoms with Crippen LogP contribution in [0.25, 0.3) is 88.5 Å². The van der Waals surface area contributed by atoms with Crippen molar-refractivity contribution in [3.8, 4) is 45.3 Å². The number of aromatic nitrogens is 4. The van der Waals surface area contributed by atoms with Gasteiger partial charge >= 0.3 is 0 Å². The molecule has 9 aromatic rings. The molecular weight excluding hydrogens is 560 g/mol. The average molecular weight is 587 g/mol. The molecule has 46 heavy (non-hydrogen) atoms. The van der Waals surface area contributed by atoms with Crippen LogP contribution in [0, 0.1) is 0 Å². The quantitative estimate of drug-likeness (QED) is 0.193. The molecule has 0 saturated carbocycles. The molecule has 9 rings (SSSR count). The molecule has 214 valence electrons. The molecule has 7 aromatic carbocycles. The summed E-state index contributed by atoms with van der Waals surface area (Å²) in [6.45, 7) is 0. The summed E-state index contributed by atoms with van der Waals surface area (Å²) in [7, 11) is 0. The van der Waals surface area contributed by atoms with E-state index >= 15 is 0 Å². The molecule has 2 aromatic heterocycles. The first-order chi connectivity index (χ1) is 22.8. The lowest BCUT2D eigenvalue weighted by Crippen LogP contribution is -2.01. The normalized spacial score (nSPS) is 11.5. The number of hydrogen-bond donors (Lipinski definition) is 0. The first-order valence-corrected chi connectivity index (χ1v) is 15.4. The molecule has 0 saturated heterocycles. The van der Waals surface area contributed by atoms with E-state index in [0.717, 1.165) is 49.5 Å². The molecule has 2 heterocycles. The molecular formula is C42H26N4. The van der Waals surface area contributed by atoms with E-state index in [2.05, 4.69) is 114 Å². The first-order valence-electron chi connectivity index (χ1n) is 15.4. The van der Waals surface area contributed by atoms with Gasteiger partial charge in [-0.1, -0.05) is 133 Å². The van der Waals surface area contributed by atoms with E-state index in [0.29, 0.717) is 17.5 Å². The molecule has 4 nitrogen and oxygen atoms in total. The van der Waals surface area contributed by atoms with Crippen molar-refractivity contribution >= 4 is 43.2 Å². The van der Waals surface area contributed by atoms with Crippen LogP contribution in [0.3, 0.4) is 0 Å². The van der Waals surface area contributed by atoms with Crippen LogP contribution in [0.5, 0.6) is 0 Å². The highest BCUT2D eigenvalue weighted by Crippen LogP contribution is 2.38. The van der Waals surface area contributed by atoms with Gasteiger partial charge in [-0.3, -0.25) is 4.98 Å². The highest BCUT2D eigenvalue weighted by Gasteiger charge is 2.17. The molecule has 4 heteroatoms. The molecule has 0 unspecified atom stereocenters. The van der Waals surface area contributed by atoms with Gasteiger partial charge in [0.25, 0.3) is 0 Å². The summed E-state index contributed by atoms with van der Waals surface area (Å²) in [5.74, 6) is 1.93. The van der Waals surface area contributed by atoms with Gasteiger partial charge in [-0.05, 0) is 61.6 Å². The van der Waals surface area contributed by atoms with Crippen LogP contribution in [0.1, 0.15) is 0 Å². The smallest absolute Gasteiger partial charge is 0.164 e. The lowest BCUT2D eigenvalue weighted by atomic mass is 9.93. The van der Waals surface area contributed by atoms with Crippen LogP contribution in [-0.2, 0) is 0 Å². The summed E-state index contributed by atoms with van der Waals surface area (Å²) in [6.07, 6.45) is 1.87. The number of hydrogen-bond acceptors (Lipinski definition) is 4. The van der Waals surface area contributed by atoms with Gasteiger partial charge in [-0.2, -0.15) is 0 Å². The fraction of sp³-hybridized carbons (Fsp3) is 0. The molecule has 0 radical (unpaired) electrons. The third kappa shape index (κ3) is 4.39. The Morgan fingerprint density at radius 3 is 1.74 bits per heavy atom. The van der Waals surface area contributed by atoms with Crippen LogP contribution in [-0.4, -0.2) is 19.9 Å². The Labute approximate surface area is 265 Å². The first kappa shape index (κ1) is 26.2. The predicted molar refractivity (Wildman–Crippen MR) is 189 cm³/mol. The second kappa shape index (κ2) is 10.7. The van der Waals surface area contributed by atoms with Crippen molar-refractivity contribution in [3.63, 3.8) is 0 Å². The maximum atomic E-state index is 5.14. The molecule has 0 atom stereocenters. The topological polar surface area (TPSA) is 51.6 Å². The molecule has 0 N–H and O–H groups in total. The largest absolute Gasteiger partial charge is 0.256 e. The number of nitrogens with zero attached hydrogens (tertiary/aromatic N) is 4. The molecule has 0 amide bonds. The molecule has 0 aliphatic carbocycles. The summed E-state index contributed by atoms with van der Waals surface area (Å²) in [4.78, 5) is 19.8. The van der Waals surface area contributed by atoms with E-state index < -0.39 is 0 Å². The minimum absolute atomic E-state index is 0.637. The van der Waals surface area contributed by atoms with Gasteiger partial charge in [-0.25, -0.2) is 15.0 Å². The van der Waals surface area contributed by atoms with Gasteiger partial charge in [0.15, 0.2) is 17.5 Å². The van der Waals surface area contributed by atoms with Gasteiger partial charge in [0.1, 0.15) is 0 Å². The minimum atomic E-state index is 0.637. The third-order valence-electron chi connectivity index (χ3n) is 8.76. The molecule has 0 bridgehead atoms. The zero-order valence-electron chi connectivity index (χ0n) is 24.8. The fourth-order valence-electron chi connectivity index (χ4n) is 6.55. The monoisotopic (exact) mass is 586 g/mol. The molecule has 0 fully saturated rings. The Morgan fingerprint density at radius 2 is 0.935 bits per heavy atom. The second-order valence-electron chi connectivity index (χ2n) is 11.5. The van der Waals surface area contributed by atoms with Crippen LogP contribution in [0.4, 0.5) is 0 Å². The number of fused-ring (bicyclic) bond motifs is 6. The van der Waals surface area contributed by atoms with E-state index in [1.54, 1.807) is 0 Å². The maximum Gasteiger partial charge on any atom is 0.164 e. The summed E-state index contributed by atoms with van der Waals surface area (Å²) < 4.78 is 0. The van der Waals surface area contributed by atoms with E-state index in [4.69, 9.17) is 15.0 Å². The maximum absolute atomic E-state index is 5.14. The van der Waals surface area contributed by atoms with Crippen molar-refractivity contribution in [2.75, 3.05) is 0 Å². The Bertz CT molecular complexity index is 2570. The van der Waals surface area contributed by atoms with Crippen molar-refractivity contribution < 1.29 is 0 Å². The molecule has 0 spiro atoms. The SMILES string of the molecule is c1ccc(-c2nc(-c3ccc(-c4ccnc5ccccc45)cc3)nc(-c3cc4ccc5ccccc5c4c4ccccc34)n2)cc1. The van der Waals surface area contributed by atoms with E-state index in [9.17, 15) is 0 Å². The number of pyridine rings is 1. The van der Waals surface area contributed by atoms with Gasteiger partial charge in [-0.15, -0.1) is 0 Å². The third-order valence-corrected chi connectivity index (χ3v) is 8.76. The fourth-order valence-corrected chi connectivity index (χ4v) is 6.55. The van der Waals surface area contributed by atoms with Crippen molar-refractivity contribution in [2.45, 2.75) is 0 Å². The number of rotatable bonds is 4. The van der Waals surface area contributed by atoms with Gasteiger partial charge < -0.3 is 0 Å². The van der Waals surface area contributed by atoms with Gasteiger partial charge in [0.2, 0.25) is 0 Å². The minimum Gasteiger partial charge on any atom is -0.256 e. The van der Waals surface area contributed by atoms with E-state index in [1.807, 2.05) is 48.7 Å². The van der Waals surface area contributed by atoms with Crippen molar-refractivity contribution in [1.29, 1.82) is 0 Å². The Morgan fingerprint density at radius 1 is 0.348 bits per heavy atom. The van der Waals surface area contributed by atoms with Crippen molar-refractivity contribution in [2.24, 2.45) is 0 Å². The van der Waals surface area contributed by atoms with Crippen molar-refractivity contribution in [1.82, 2.24) is 19.9 Å². The highest BCUT2D eigenvalue weighted by molar-refractivity contribution is 6.23. The lowest BCUT2D eigenvalue weighted by molar-refractivity contribution is 1.08. The van der Waals surface area contributed by atoms with E-state index in [1.165, 1.54) is 21.5 Å². The lowest BCUT2D eigenvalue weighted by Gasteiger charge is -2.14. The Kier molecular flexibility index (Phi) is 6.10. The molecule has 0 aliphatic heterocycles. The zero-order valence-corrected chi connectivity index (χ0v) is 24.8. The zero-order chi connectivity index (χ0) is 30.5.